The molecule has 6 heteroatoms. The summed E-state index contributed by atoms with van der Waals surface area (Å²) in [6, 6.07) is 0.526. The highest BCUT2D eigenvalue weighted by Gasteiger charge is 2.22. The topological polar surface area (TPSA) is 62.7 Å². The minimum Gasteiger partial charge on any atom is -0.351 e. The molecule has 5 nitrogen and oxygen atoms in total. The van der Waals surface area contributed by atoms with Gasteiger partial charge in [0.1, 0.15) is 0 Å². The van der Waals surface area contributed by atoms with Crippen molar-refractivity contribution >= 4 is 24.5 Å². The number of thiol groups is 1. The Labute approximate surface area is 101 Å². The SMILES string of the molecule is CC(C)(C)Nc1nc(S)nc(NC2CC2)n1. The van der Waals surface area contributed by atoms with E-state index in [2.05, 4.69) is 59.0 Å². The lowest BCUT2D eigenvalue weighted by Crippen LogP contribution is -2.27. The van der Waals surface area contributed by atoms with Gasteiger partial charge in [0.15, 0.2) is 5.16 Å². The number of rotatable bonds is 3. The number of nitrogens with one attached hydrogen (secondary N) is 2. The quantitative estimate of drug-likeness (QED) is 0.704. The van der Waals surface area contributed by atoms with E-state index in [-0.39, 0.29) is 5.54 Å². The first-order chi connectivity index (χ1) is 7.42. The molecule has 0 bridgehead atoms. The number of hydrogen-bond donors (Lipinski definition) is 3. The van der Waals surface area contributed by atoms with Crippen LogP contribution in [0.5, 0.6) is 0 Å². The maximum atomic E-state index is 4.31. The average molecular weight is 239 g/mol. The lowest BCUT2D eigenvalue weighted by Gasteiger charge is -2.20. The van der Waals surface area contributed by atoms with E-state index in [1.54, 1.807) is 0 Å². The second-order valence-corrected chi connectivity index (χ2v) is 5.48. The fourth-order valence-corrected chi connectivity index (χ4v) is 1.42. The summed E-state index contributed by atoms with van der Waals surface area (Å²) in [5.74, 6) is 1.17. The molecular weight excluding hydrogens is 222 g/mol. The van der Waals surface area contributed by atoms with Crippen LogP contribution in [0.3, 0.4) is 0 Å². The van der Waals surface area contributed by atoms with E-state index >= 15 is 0 Å². The van der Waals surface area contributed by atoms with E-state index in [1.165, 1.54) is 12.8 Å². The van der Waals surface area contributed by atoms with Crippen LogP contribution in [0.4, 0.5) is 11.9 Å². The Morgan fingerprint density at radius 3 is 2.31 bits per heavy atom. The highest BCUT2D eigenvalue weighted by Crippen LogP contribution is 2.23. The second kappa shape index (κ2) is 4.08. The molecule has 88 valence electrons. The summed E-state index contributed by atoms with van der Waals surface area (Å²) < 4.78 is 0. The van der Waals surface area contributed by atoms with Crippen LogP contribution in [-0.2, 0) is 0 Å². The van der Waals surface area contributed by atoms with E-state index < -0.39 is 0 Å². The molecule has 1 fully saturated rings. The molecule has 0 atom stereocenters. The Morgan fingerprint density at radius 2 is 1.75 bits per heavy atom. The van der Waals surface area contributed by atoms with Gasteiger partial charge in [-0.3, -0.25) is 0 Å². The van der Waals surface area contributed by atoms with Gasteiger partial charge in [0, 0.05) is 11.6 Å². The zero-order valence-electron chi connectivity index (χ0n) is 9.78. The van der Waals surface area contributed by atoms with Gasteiger partial charge in [0.2, 0.25) is 11.9 Å². The molecular formula is C10H17N5S. The van der Waals surface area contributed by atoms with Gasteiger partial charge in [-0.25, -0.2) is 0 Å². The van der Waals surface area contributed by atoms with Gasteiger partial charge in [-0.05, 0) is 33.6 Å². The van der Waals surface area contributed by atoms with Gasteiger partial charge in [0.05, 0.1) is 0 Å². The summed E-state index contributed by atoms with van der Waals surface area (Å²) in [4.78, 5) is 12.6. The molecule has 0 unspecified atom stereocenters. The van der Waals surface area contributed by atoms with Gasteiger partial charge in [-0.15, -0.1) is 12.6 Å². The highest BCUT2D eigenvalue weighted by molar-refractivity contribution is 7.80. The number of aromatic nitrogens is 3. The van der Waals surface area contributed by atoms with Crippen molar-refractivity contribution in [2.45, 2.75) is 50.4 Å². The van der Waals surface area contributed by atoms with E-state index in [0.29, 0.717) is 23.1 Å². The molecule has 1 aromatic rings. The van der Waals surface area contributed by atoms with Crippen molar-refractivity contribution in [1.82, 2.24) is 15.0 Å². The minimum absolute atomic E-state index is 0.0710. The van der Waals surface area contributed by atoms with Crippen molar-refractivity contribution in [3.05, 3.63) is 0 Å². The van der Waals surface area contributed by atoms with Crippen LogP contribution in [0, 0.1) is 0 Å². The smallest absolute Gasteiger partial charge is 0.228 e. The maximum Gasteiger partial charge on any atom is 0.228 e. The third-order valence-corrected chi connectivity index (χ3v) is 2.22. The monoisotopic (exact) mass is 239 g/mol. The average Bonchev–Trinajstić information content (AvgIpc) is 2.82. The Morgan fingerprint density at radius 1 is 1.12 bits per heavy atom. The predicted molar refractivity (Wildman–Crippen MR) is 67.1 cm³/mol. The summed E-state index contributed by atoms with van der Waals surface area (Å²) >= 11 is 4.17. The largest absolute Gasteiger partial charge is 0.351 e. The number of anilines is 2. The molecule has 0 aromatic carbocycles. The Balaban J connectivity index is 2.14. The van der Waals surface area contributed by atoms with Gasteiger partial charge in [-0.2, -0.15) is 15.0 Å². The summed E-state index contributed by atoms with van der Waals surface area (Å²) in [5.41, 5.74) is -0.0710. The molecule has 1 saturated carbocycles. The number of nitrogens with zero attached hydrogens (tertiary/aromatic N) is 3. The normalized spacial score (nSPS) is 16.0. The molecule has 1 aliphatic carbocycles. The third-order valence-electron chi connectivity index (χ3n) is 2.02. The molecule has 0 amide bonds. The Bertz CT molecular complexity index is 383. The van der Waals surface area contributed by atoms with Gasteiger partial charge < -0.3 is 10.6 Å². The second-order valence-electron chi connectivity index (χ2n) is 5.08. The minimum atomic E-state index is -0.0710. The fraction of sp³-hybridized carbons (Fsp3) is 0.700. The van der Waals surface area contributed by atoms with Crippen molar-refractivity contribution in [3.63, 3.8) is 0 Å². The molecule has 0 saturated heterocycles. The molecule has 1 aromatic heterocycles. The van der Waals surface area contributed by atoms with Crippen LogP contribution in [0.25, 0.3) is 0 Å². The summed E-state index contributed by atoms with van der Waals surface area (Å²) in [6.45, 7) is 6.18. The van der Waals surface area contributed by atoms with E-state index in [9.17, 15) is 0 Å². The first kappa shape index (κ1) is 11.4. The lowest BCUT2D eigenvalue weighted by molar-refractivity contribution is 0.622. The molecule has 2 rings (SSSR count). The van der Waals surface area contributed by atoms with Gasteiger partial charge in [-0.1, -0.05) is 0 Å². The van der Waals surface area contributed by atoms with E-state index in [4.69, 9.17) is 0 Å². The summed E-state index contributed by atoms with van der Waals surface area (Å²) in [7, 11) is 0. The zero-order valence-corrected chi connectivity index (χ0v) is 10.7. The fourth-order valence-electron chi connectivity index (χ4n) is 1.23. The zero-order chi connectivity index (χ0) is 11.8. The highest BCUT2D eigenvalue weighted by atomic mass is 32.1. The lowest BCUT2D eigenvalue weighted by atomic mass is 10.1. The molecule has 0 aliphatic heterocycles. The molecule has 0 spiro atoms. The van der Waals surface area contributed by atoms with Crippen LogP contribution in [-0.4, -0.2) is 26.5 Å². The first-order valence-corrected chi connectivity index (χ1v) is 5.87. The van der Waals surface area contributed by atoms with Crippen LogP contribution in [0.1, 0.15) is 33.6 Å². The third kappa shape index (κ3) is 3.52. The van der Waals surface area contributed by atoms with Crippen molar-refractivity contribution < 1.29 is 0 Å². The van der Waals surface area contributed by atoms with Crippen LogP contribution < -0.4 is 10.6 Å². The number of hydrogen-bond acceptors (Lipinski definition) is 6. The van der Waals surface area contributed by atoms with Crippen LogP contribution in [0.15, 0.2) is 5.16 Å². The molecule has 0 radical (unpaired) electrons. The summed E-state index contributed by atoms with van der Waals surface area (Å²) in [5, 5.41) is 6.87. The Kier molecular flexibility index (Phi) is 2.92. The van der Waals surface area contributed by atoms with E-state index in [0.717, 1.165) is 0 Å². The van der Waals surface area contributed by atoms with E-state index in [1.807, 2.05) is 0 Å². The van der Waals surface area contributed by atoms with Crippen molar-refractivity contribution in [1.29, 1.82) is 0 Å². The molecule has 2 N–H and O–H groups in total. The predicted octanol–water partition coefficient (Wildman–Crippen LogP) is 1.94. The van der Waals surface area contributed by atoms with Crippen LogP contribution in [0.2, 0.25) is 0 Å². The first-order valence-electron chi connectivity index (χ1n) is 5.42. The summed E-state index contributed by atoms with van der Waals surface area (Å²) in [6.07, 6.45) is 2.38. The Hall–Kier alpha value is -1.04. The van der Waals surface area contributed by atoms with Crippen molar-refractivity contribution in [3.8, 4) is 0 Å². The molecule has 16 heavy (non-hydrogen) atoms. The maximum absolute atomic E-state index is 4.31. The van der Waals surface area contributed by atoms with Crippen molar-refractivity contribution in [2.75, 3.05) is 10.6 Å². The van der Waals surface area contributed by atoms with Gasteiger partial charge in [0.25, 0.3) is 0 Å². The van der Waals surface area contributed by atoms with Crippen molar-refractivity contribution in [2.24, 2.45) is 0 Å². The molecule has 1 heterocycles. The standard InChI is InChI=1S/C10H17N5S/c1-10(2,3)15-8-12-7(11-6-4-5-6)13-9(16)14-8/h6H,4-5H2,1-3H3,(H3,11,12,13,14,15,16). The molecule has 1 aliphatic rings. The van der Waals surface area contributed by atoms with Gasteiger partial charge >= 0.3 is 0 Å². The van der Waals surface area contributed by atoms with Crippen LogP contribution >= 0.6 is 12.6 Å².